The third-order valence-corrected chi connectivity index (χ3v) is 3.33. The van der Waals surface area contributed by atoms with E-state index in [9.17, 15) is 4.39 Å². The van der Waals surface area contributed by atoms with E-state index in [1.54, 1.807) is 12.1 Å². The summed E-state index contributed by atoms with van der Waals surface area (Å²) < 4.78 is 19.0. The summed E-state index contributed by atoms with van der Waals surface area (Å²) in [7, 11) is 0. The normalized spacial score (nSPS) is 10.4. The highest BCUT2D eigenvalue weighted by Crippen LogP contribution is 2.21. The number of hydrogen-bond donors (Lipinski definition) is 1. The first kappa shape index (κ1) is 13.9. The van der Waals surface area contributed by atoms with E-state index in [-0.39, 0.29) is 5.82 Å². The van der Waals surface area contributed by atoms with Crippen molar-refractivity contribution in [2.75, 3.05) is 12.3 Å². The van der Waals surface area contributed by atoms with Gasteiger partial charge in [-0.25, -0.2) is 4.39 Å². The van der Waals surface area contributed by atoms with Gasteiger partial charge in [-0.2, -0.15) is 0 Å². The Hall–Kier alpha value is -1.55. The Bertz CT molecular complexity index is 560. The van der Waals surface area contributed by atoms with Crippen LogP contribution in [0.1, 0.15) is 12.0 Å². The molecule has 0 atom stereocenters. The molecule has 0 spiro atoms. The van der Waals surface area contributed by atoms with Gasteiger partial charge in [0.05, 0.1) is 11.1 Å². The second kappa shape index (κ2) is 6.57. The Kier molecular flexibility index (Phi) is 4.80. The van der Waals surface area contributed by atoms with E-state index >= 15 is 0 Å². The van der Waals surface area contributed by atoms with Gasteiger partial charge in [-0.15, -0.1) is 0 Å². The highest BCUT2D eigenvalue weighted by molar-refractivity contribution is 9.10. The summed E-state index contributed by atoms with van der Waals surface area (Å²) in [5, 5.41) is 0. The number of nitrogen functional groups attached to an aromatic ring is 1. The summed E-state index contributed by atoms with van der Waals surface area (Å²) in [6.45, 7) is 0.590. The van der Waals surface area contributed by atoms with E-state index < -0.39 is 0 Å². The Morgan fingerprint density at radius 3 is 2.74 bits per heavy atom. The van der Waals surface area contributed by atoms with E-state index in [2.05, 4.69) is 15.9 Å². The molecule has 0 heterocycles. The second-order valence-corrected chi connectivity index (χ2v) is 5.13. The van der Waals surface area contributed by atoms with Gasteiger partial charge >= 0.3 is 0 Å². The minimum Gasteiger partial charge on any atom is -0.494 e. The van der Waals surface area contributed by atoms with Crippen LogP contribution in [0.25, 0.3) is 0 Å². The minimum atomic E-state index is -0.285. The van der Waals surface area contributed by atoms with E-state index in [4.69, 9.17) is 10.5 Å². The molecule has 0 aromatic heterocycles. The van der Waals surface area contributed by atoms with Gasteiger partial charge in [-0.3, -0.25) is 0 Å². The van der Waals surface area contributed by atoms with Crippen LogP contribution in [0.5, 0.6) is 5.75 Å². The van der Waals surface area contributed by atoms with Crippen LogP contribution in [0.3, 0.4) is 0 Å². The summed E-state index contributed by atoms with van der Waals surface area (Å²) in [4.78, 5) is 0. The van der Waals surface area contributed by atoms with Crippen molar-refractivity contribution in [3.8, 4) is 5.75 Å². The Morgan fingerprint density at radius 1 is 1.16 bits per heavy atom. The Labute approximate surface area is 120 Å². The molecule has 4 heteroatoms. The molecule has 0 aliphatic heterocycles. The van der Waals surface area contributed by atoms with Crippen molar-refractivity contribution in [1.29, 1.82) is 0 Å². The molecule has 2 aromatic rings. The summed E-state index contributed by atoms with van der Waals surface area (Å²) in [5.41, 5.74) is 7.69. The van der Waals surface area contributed by atoms with Crippen LogP contribution in [0.15, 0.2) is 46.9 Å². The summed E-state index contributed by atoms with van der Waals surface area (Å²) in [6, 6.07) is 12.5. The number of hydrogen-bond acceptors (Lipinski definition) is 2. The summed E-state index contributed by atoms with van der Waals surface area (Å²) >= 11 is 3.13. The smallest absolute Gasteiger partial charge is 0.137 e. The Balaban J connectivity index is 1.79. The molecule has 2 N–H and O–H groups in total. The topological polar surface area (TPSA) is 35.2 Å². The standard InChI is InChI=1S/C15H15BrFNO/c16-14-10-13(6-7-15(14)17)19-8-2-4-11-3-1-5-12(18)9-11/h1,3,5-7,9-10H,2,4,8,18H2. The van der Waals surface area contributed by atoms with Gasteiger partial charge in [0.25, 0.3) is 0 Å². The maximum Gasteiger partial charge on any atom is 0.137 e. The van der Waals surface area contributed by atoms with Crippen molar-refractivity contribution in [3.05, 3.63) is 58.3 Å². The molecular formula is C15H15BrFNO. The molecule has 2 aromatic carbocycles. The molecule has 0 saturated carbocycles. The van der Waals surface area contributed by atoms with Crippen molar-refractivity contribution < 1.29 is 9.13 Å². The highest BCUT2D eigenvalue weighted by Gasteiger charge is 2.01. The van der Waals surface area contributed by atoms with Crippen LogP contribution in [0.4, 0.5) is 10.1 Å². The van der Waals surface area contributed by atoms with Gasteiger partial charge in [-0.05, 0) is 64.7 Å². The highest BCUT2D eigenvalue weighted by atomic mass is 79.9. The van der Waals surface area contributed by atoms with E-state index in [1.165, 1.54) is 11.6 Å². The number of aryl methyl sites for hydroxylation is 1. The van der Waals surface area contributed by atoms with E-state index in [0.717, 1.165) is 18.5 Å². The summed E-state index contributed by atoms with van der Waals surface area (Å²) in [5.74, 6) is 0.382. The predicted molar refractivity (Wildman–Crippen MR) is 78.8 cm³/mol. The fraction of sp³-hybridized carbons (Fsp3) is 0.200. The van der Waals surface area contributed by atoms with Gasteiger partial charge in [0, 0.05) is 5.69 Å². The monoisotopic (exact) mass is 323 g/mol. The molecule has 0 fully saturated rings. The van der Waals surface area contributed by atoms with Crippen molar-refractivity contribution in [3.63, 3.8) is 0 Å². The van der Waals surface area contributed by atoms with Gasteiger partial charge in [0.15, 0.2) is 0 Å². The molecule has 0 unspecified atom stereocenters. The van der Waals surface area contributed by atoms with Crippen LogP contribution in [-0.2, 0) is 6.42 Å². The predicted octanol–water partition coefficient (Wildman–Crippen LogP) is 4.18. The molecule has 19 heavy (non-hydrogen) atoms. The lowest BCUT2D eigenvalue weighted by Crippen LogP contribution is -2.00. The van der Waals surface area contributed by atoms with E-state index in [0.29, 0.717) is 16.8 Å². The van der Waals surface area contributed by atoms with Crippen LogP contribution in [0, 0.1) is 5.82 Å². The summed E-state index contributed by atoms with van der Waals surface area (Å²) in [6.07, 6.45) is 1.80. The first-order valence-corrected chi connectivity index (χ1v) is 6.87. The molecule has 0 bridgehead atoms. The maximum absolute atomic E-state index is 13.0. The quantitative estimate of drug-likeness (QED) is 0.661. The average molecular weight is 324 g/mol. The number of rotatable bonds is 5. The SMILES string of the molecule is Nc1cccc(CCCOc2ccc(F)c(Br)c2)c1. The van der Waals surface area contributed by atoms with Gasteiger partial charge < -0.3 is 10.5 Å². The number of nitrogens with two attached hydrogens (primary N) is 1. The average Bonchev–Trinajstić information content (AvgIpc) is 2.39. The zero-order chi connectivity index (χ0) is 13.7. The van der Waals surface area contributed by atoms with Crippen LogP contribution in [-0.4, -0.2) is 6.61 Å². The van der Waals surface area contributed by atoms with Crippen LogP contribution < -0.4 is 10.5 Å². The van der Waals surface area contributed by atoms with Gasteiger partial charge in [-0.1, -0.05) is 12.1 Å². The number of benzene rings is 2. The van der Waals surface area contributed by atoms with Crippen molar-refractivity contribution in [2.24, 2.45) is 0 Å². The van der Waals surface area contributed by atoms with Crippen molar-refractivity contribution in [2.45, 2.75) is 12.8 Å². The molecule has 100 valence electrons. The molecule has 2 nitrogen and oxygen atoms in total. The fourth-order valence-corrected chi connectivity index (χ4v) is 2.14. The molecule has 0 saturated heterocycles. The first-order chi connectivity index (χ1) is 9.15. The van der Waals surface area contributed by atoms with Crippen LogP contribution in [0.2, 0.25) is 0 Å². The first-order valence-electron chi connectivity index (χ1n) is 6.07. The molecular weight excluding hydrogens is 309 g/mol. The van der Waals surface area contributed by atoms with Crippen molar-refractivity contribution >= 4 is 21.6 Å². The molecule has 2 rings (SSSR count). The lowest BCUT2D eigenvalue weighted by Gasteiger charge is -2.07. The lowest BCUT2D eigenvalue weighted by molar-refractivity contribution is 0.310. The number of halogens is 2. The third kappa shape index (κ3) is 4.24. The molecule has 0 radical (unpaired) electrons. The van der Waals surface area contributed by atoms with E-state index in [1.807, 2.05) is 24.3 Å². The molecule has 0 amide bonds. The lowest BCUT2D eigenvalue weighted by atomic mass is 10.1. The maximum atomic E-state index is 13.0. The fourth-order valence-electron chi connectivity index (χ4n) is 1.78. The van der Waals surface area contributed by atoms with Gasteiger partial charge in [0.1, 0.15) is 11.6 Å². The largest absolute Gasteiger partial charge is 0.494 e. The van der Waals surface area contributed by atoms with Crippen molar-refractivity contribution in [1.82, 2.24) is 0 Å². The minimum absolute atomic E-state index is 0.285. The third-order valence-electron chi connectivity index (χ3n) is 2.72. The molecule has 0 aliphatic rings. The second-order valence-electron chi connectivity index (χ2n) is 4.27. The molecule has 0 aliphatic carbocycles. The van der Waals surface area contributed by atoms with Gasteiger partial charge in [0.2, 0.25) is 0 Å². The Morgan fingerprint density at radius 2 is 2.00 bits per heavy atom. The number of ether oxygens (including phenoxy) is 1. The zero-order valence-electron chi connectivity index (χ0n) is 10.4. The van der Waals surface area contributed by atoms with Crippen LogP contribution >= 0.6 is 15.9 Å². The number of anilines is 1. The zero-order valence-corrected chi connectivity index (χ0v) is 12.0.